The number of carbonyl (C=O) groups is 1. The van der Waals surface area contributed by atoms with Gasteiger partial charge in [0, 0.05) is 17.1 Å². The molecule has 0 atom stereocenters. The molecule has 4 heteroatoms. The van der Waals surface area contributed by atoms with Gasteiger partial charge in [-0.25, -0.2) is 4.98 Å². The summed E-state index contributed by atoms with van der Waals surface area (Å²) in [7, 11) is 0. The van der Waals surface area contributed by atoms with Crippen molar-refractivity contribution < 1.29 is 9.21 Å². The van der Waals surface area contributed by atoms with Crippen molar-refractivity contribution in [3.63, 3.8) is 0 Å². The van der Waals surface area contributed by atoms with Crippen molar-refractivity contribution in [3.05, 3.63) is 42.5 Å². The van der Waals surface area contributed by atoms with E-state index in [1.165, 1.54) is 0 Å². The van der Waals surface area contributed by atoms with Crippen LogP contribution in [-0.2, 0) is 11.3 Å². The molecule has 0 spiro atoms. The van der Waals surface area contributed by atoms with Crippen LogP contribution in [0.5, 0.6) is 0 Å². The lowest BCUT2D eigenvalue weighted by atomic mass is 10.1. The fraction of sp³-hybridized carbons (Fsp3) is 0.143. The Hall–Kier alpha value is -2.36. The van der Waals surface area contributed by atoms with Crippen molar-refractivity contribution in [1.82, 2.24) is 9.55 Å². The predicted molar refractivity (Wildman–Crippen MR) is 68.2 cm³/mol. The average Bonchev–Trinajstić information content (AvgIpc) is 2.98. The lowest BCUT2D eigenvalue weighted by Crippen LogP contribution is -1.93. The minimum Gasteiger partial charge on any atom is -0.464 e. The summed E-state index contributed by atoms with van der Waals surface area (Å²) >= 11 is 0. The molecule has 0 fully saturated rings. The number of hydrogen-bond donors (Lipinski definition) is 0. The Kier molecular flexibility index (Phi) is 2.48. The van der Waals surface area contributed by atoms with Gasteiger partial charge in [-0.1, -0.05) is 0 Å². The van der Waals surface area contributed by atoms with Crippen LogP contribution in [0.3, 0.4) is 0 Å². The first-order valence-electron chi connectivity index (χ1n) is 5.71. The molecule has 0 bridgehead atoms. The van der Waals surface area contributed by atoms with Gasteiger partial charge in [-0.05, 0) is 30.7 Å². The van der Waals surface area contributed by atoms with E-state index in [0.717, 1.165) is 34.1 Å². The van der Waals surface area contributed by atoms with Crippen molar-refractivity contribution in [2.24, 2.45) is 0 Å². The number of imidazole rings is 1. The number of rotatable bonds is 3. The molecule has 0 saturated carbocycles. The maximum atomic E-state index is 10.4. The molecule has 0 saturated heterocycles. The van der Waals surface area contributed by atoms with Crippen molar-refractivity contribution in [1.29, 1.82) is 0 Å². The van der Waals surface area contributed by atoms with Crippen molar-refractivity contribution in [3.8, 4) is 11.3 Å². The van der Waals surface area contributed by atoms with Gasteiger partial charge in [-0.15, -0.1) is 0 Å². The Labute approximate surface area is 104 Å². The quantitative estimate of drug-likeness (QED) is 0.661. The van der Waals surface area contributed by atoms with Crippen LogP contribution in [0.4, 0.5) is 0 Å². The number of hydrogen-bond acceptors (Lipinski definition) is 3. The standard InChI is InChI=1S/C14H12N2O2/c1-10-8-18-14-3-2-11(6-12(10)14)13-7-16(4-5-17)9-15-13/h2-3,5-9H,4H2,1H3. The van der Waals surface area contributed by atoms with Gasteiger partial charge in [0.25, 0.3) is 0 Å². The fourth-order valence-corrected chi connectivity index (χ4v) is 2.01. The molecule has 0 N–H and O–H groups in total. The van der Waals surface area contributed by atoms with Crippen molar-refractivity contribution in [2.45, 2.75) is 13.5 Å². The highest BCUT2D eigenvalue weighted by molar-refractivity contribution is 5.85. The largest absolute Gasteiger partial charge is 0.464 e. The lowest BCUT2D eigenvalue weighted by Gasteiger charge is -1.97. The third-order valence-corrected chi connectivity index (χ3v) is 2.98. The first-order valence-corrected chi connectivity index (χ1v) is 5.71. The number of fused-ring (bicyclic) bond motifs is 1. The van der Waals surface area contributed by atoms with E-state index in [1.54, 1.807) is 17.2 Å². The highest BCUT2D eigenvalue weighted by atomic mass is 16.3. The molecule has 2 heterocycles. The van der Waals surface area contributed by atoms with Crippen molar-refractivity contribution >= 4 is 17.3 Å². The Bertz CT molecular complexity index is 709. The summed E-state index contributed by atoms with van der Waals surface area (Å²) in [4.78, 5) is 14.7. The van der Waals surface area contributed by atoms with Crippen LogP contribution in [0.25, 0.3) is 22.2 Å². The number of nitrogens with zero attached hydrogens (tertiary/aromatic N) is 2. The second-order valence-electron chi connectivity index (χ2n) is 4.25. The number of aryl methyl sites for hydroxylation is 1. The maximum Gasteiger partial charge on any atom is 0.139 e. The normalized spacial score (nSPS) is 10.9. The van der Waals surface area contributed by atoms with Crippen LogP contribution >= 0.6 is 0 Å². The van der Waals surface area contributed by atoms with E-state index >= 15 is 0 Å². The van der Waals surface area contributed by atoms with Crippen LogP contribution < -0.4 is 0 Å². The predicted octanol–water partition coefficient (Wildman–Crippen LogP) is 2.80. The van der Waals surface area contributed by atoms with Crippen LogP contribution in [-0.4, -0.2) is 15.8 Å². The number of furan rings is 1. The third kappa shape index (κ3) is 1.72. The van der Waals surface area contributed by atoms with E-state index in [2.05, 4.69) is 11.1 Å². The highest BCUT2D eigenvalue weighted by Crippen LogP contribution is 2.26. The molecular weight excluding hydrogens is 228 g/mol. The van der Waals surface area contributed by atoms with E-state index in [0.29, 0.717) is 6.54 Å². The van der Waals surface area contributed by atoms with Crippen LogP contribution in [0, 0.1) is 6.92 Å². The van der Waals surface area contributed by atoms with Gasteiger partial charge in [0.1, 0.15) is 11.9 Å². The molecule has 90 valence electrons. The molecule has 18 heavy (non-hydrogen) atoms. The molecule has 0 radical (unpaired) electrons. The Morgan fingerprint density at radius 2 is 2.33 bits per heavy atom. The van der Waals surface area contributed by atoms with Crippen LogP contribution in [0.1, 0.15) is 5.56 Å². The Balaban J connectivity index is 2.06. The summed E-state index contributed by atoms with van der Waals surface area (Å²) in [5, 5.41) is 1.09. The zero-order valence-corrected chi connectivity index (χ0v) is 9.96. The van der Waals surface area contributed by atoms with Gasteiger partial charge in [0.05, 0.1) is 24.8 Å². The monoisotopic (exact) mass is 240 g/mol. The summed E-state index contributed by atoms with van der Waals surface area (Å²) in [6, 6.07) is 5.97. The first-order chi connectivity index (χ1) is 8.78. The average molecular weight is 240 g/mol. The zero-order valence-electron chi connectivity index (χ0n) is 9.96. The summed E-state index contributed by atoms with van der Waals surface area (Å²) in [5.41, 5.74) is 3.87. The third-order valence-electron chi connectivity index (χ3n) is 2.98. The Morgan fingerprint density at radius 3 is 3.17 bits per heavy atom. The second kappa shape index (κ2) is 4.14. The summed E-state index contributed by atoms with van der Waals surface area (Å²) < 4.78 is 7.17. The number of aromatic nitrogens is 2. The highest BCUT2D eigenvalue weighted by Gasteiger charge is 2.06. The van der Waals surface area contributed by atoms with Crippen LogP contribution in [0.2, 0.25) is 0 Å². The van der Waals surface area contributed by atoms with Gasteiger partial charge in [0.15, 0.2) is 0 Å². The summed E-state index contributed by atoms with van der Waals surface area (Å²) in [6.45, 7) is 2.35. The van der Waals surface area contributed by atoms with Gasteiger partial charge >= 0.3 is 0 Å². The number of aldehydes is 1. The topological polar surface area (TPSA) is 48.0 Å². The maximum absolute atomic E-state index is 10.4. The first kappa shape index (κ1) is 10.8. The summed E-state index contributed by atoms with van der Waals surface area (Å²) in [6.07, 6.45) is 6.13. The molecule has 0 aliphatic rings. The lowest BCUT2D eigenvalue weighted by molar-refractivity contribution is -0.108. The molecule has 0 amide bonds. The SMILES string of the molecule is Cc1coc2ccc(-c3cn(CC=O)cn3)cc12. The minimum atomic E-state index is 0.333. The molecule has 2 aromatic heterocycles. The van der Waals surface area contributed by atoms with Gasteiger partial charge in [0.2, 0.25) is 0 Å². The molecule has 0 unspecified atom stereocenters. The number of carbonyl (C=O) groups excluding carboxylic acids is 1. The van der Waals surface area contributed by atoms with E-state index in [-0.39, 0.29) is 0 Å². The van der Waals surface area contributed by atoms with E-state index in [9.17, 15) is 4.79 Å². The van der Waals surface area contributed by atoms with E-state index < -0.39 is 0 Å². The van der Waals surface area contributed by atoms with Gasteiger partial charge in [-0.3, -0.25) is 0 Å². The van der Waals surface area contributed by atoms with Crippen LogP contribution in [0.15, 0.2) is 41.4 Å². The molecule has 4 nitrogen and oxygen atoms in total. The molecule has 3 rings (SSSR count). The summed E-state index contributed by atoms with van der Waals surface area (Å²) in [5.74, 6) is 0. The fourth-order valence-electron chi connectivity index (χ4n) is 2.01. The second-order valence-corrected chi connectivity index (χ2v) is 4.25. The number of benzene rings is 1. The molecule has 3 aromatic rings. The minimum absolute atomic E-state index is 0.333. The molecular formula is C14H12N2O2. The Morgan fingerprint density at radius 1 is 1.44 bits per heavy atom. The van der Waals surface area contributed by atoms with Gasteiger partial charge in [-0.2, -0.15) is 0 Å². The molecule has 0 aliphatic heterocycles. The van der Waals surface area contributed by atoms with E-state index in [1.807, 2.05) is 25.3 Å². The molecule has 0 aliphatic carbocycles. The van der Waals surface area contributed by atoms with Gasteiger partial charge < -0.3 is 13.8 Å². The smallest absolute Gasteiger partial charge is 0.139 e. The zero-order chi connectivity index (χ0) is 12.5. The van der Waals surface area contributed by atoms with E-state index in [4.69, 9.17) is 4.42 Å². The molecule has 1 aromatic carbocycles. The van der Waals surface area contributed by atoms with Crippen molar-refractivity contribution in [2.75, 3.05) is 0 Å².